The van der Waals surface area contributed by atoms with E-state index in [0.717, 1.165) is 5.56 Å². The van der Waals surface area contributed by atoms with Crippen molar-refractivity contribution >= 4 is 18.3 Å². The van der Waals surface area contributed by atoms with E-state index in [9.17, 15) is 9.18 Å². The van der Waals surface area contributed by atoms with Crippen LogP contribution in [-0.4, -0.2) is 42.6 Å². The highest BCUT2D eigenvalue weighted by molar-refractivity contribution is 5.85. The van der Waals surface area contributed by atoms with Gasteiger partial charge in [-0.05, 0) is 31.5 Å². The van der Waals surface area contributed by atoms with Crippen LogP contribution in [0.5, 0.6) is 0 Å². The van der Waals surface area contributed by atoms with Crippen molar-refractivity contribution in [3.63, 3.8) is 0 Å². The number of carbonyl (C=O) groups is 1. The summed E-state index contributed by atoms with van der Waals surface area (Å²) in [5.41, 5.74) is 0.796. The van der Waals surface area contributed by atoms with Gasteiger partial charge in [0.1, 0.15) is 11.9 Å². The van der Waals surface area contributed by atoms with Crippen LogP contribution in [0.25, 0.3) is 0 Å². The number of amides is 1. The van der Waals surface area contributed by atoms with Crippen molar-refractivity contribution in [2.45, 2.75) is 32.5 Å². The number of benzene rings is 1. The van der Waals surface area contributed by atoms with E-state index in [4.69, 9.17) is 4.74 Å². The van der Waals surface area contributed by atoms with Crippen LogP contribution in [0, 0.1) is 5.82 Å². The fourth-order valence-corrected chi connectivity index (χ4v) is 2.41. The number of rotatable bonds is 4. The summed E-state index contributed by atoms with van der Waals surface area (Å²) in [5.74, 6) is -0.276. The van der Waals surface area contributed by atoms with Crippen LogP contribution in [0.4, 0.5) is 4.39 Å². The Balaban J connectivity index is 0.00000220. The van der Waals surface area contributed by atoms with E-state index in [1.54, 1.807) is 11.0 Å². The molecule has 0 aliphatic carbocycles. The highest BCUT2D eigenvalue weighted by atomic mass is 35.5. The summed E-state index contributed by atoms with van der Waals surface area (Å²) >= 11 is 0. The summed E-state index contributed by atoms with van der Waals surface area (Å²) in [6, 6.07) is 6.03. The smallest absolute Gasteiger partial charge is 0.242 e. The lowest BCUT2D eigenvalue weighted by Gasteiger charge is -2.33. The van der Waals surface area contributed by atoms with Gasteiger partial charge in [-0.2, -0.15) is 0 Å². The number of likely N-dealkylation sites (N-methyl/N-ethyl adjacent to an activating group) is 1. The summed E-state index contributed by atoms with van der Waals surface area (Å²) in [5, 5.41) is 3.19. The number of hydrogen-bond acceptors (Lipinski definition) is 3. The van der Waals surface area contributed by atoms with Crippen molar-refractivity contribution in [2.75, 3.05) is 19.7 Å². The van der Waals surface area contributed by atoms with E-state index in [0.29, 0.717) is 26.2 Å². The molecule has 1 aromatic rings. The summed E-state index contributed by atoms with van der Waals surface area (Å²) in [6.45, 7) is 6.12. The fraction of sp³-hybridized carbons (Fsp3) is 0.533. The maximum Gasteiger partial charge on any atom is 0.242 e. The van der Waals surface area contributed by atoms with Crippen LogP contribution >= 0.6 is 12.4 Å². The molecule has 0 bridgehead atoms. The molecule has 1 aliphatic rings. The first-order valence-corrected chi connectivity index (χ1v) is 7.00. The molecule has 1 aromatic carbocycles. The second kappa shape index (κ2) is 8.32. The Morgan fingerprint density at radius 1 is 1.52 bits per heavy atom. The molecular weight excluding hydrogens is 295 g/mol. The molecule has 0 aromatic heterocycles. The first kappa shape index (κ1) is 17.9. The summed E-state index contributed by atoms with van der Waals surface area (Å²) in [6.07, 6.45) is -0.141. The van der Waals surface area contributed by atoms with Crippen LogP contribution < -0.4 is 5.32 Å². The number of halogens is 2. The van der Waals surface area contributed by atoms with Crippen molar-refractivity contribution in [3.8, 4) is 0 Å². The standard InChI is InChI=1S/C15H21FN2O2.ClH/c1-3-18(10-12-5-4-6-13(16)9-12)15(19)14-11(2)20-8-7-17-14;/h4-6,9,11,14,17H,3,7-8,10H2,1-2H3;1H/t11-,14+;/m1./s1. The zero-order valence-electron chi connectivity index (χ0n) is 12.3. The molecule has 0 saturated carbocycles. The van der Waals surface area contributed by atoms with Gasteiger partial charge in [0, 0.05) is 19.6 Å². The first-order valence-electron chi connectivity index (χ1n) is 7.00. The Morgan fingerprint density at radius 3 is 2.90 bits per heavy atom. The highest BCUT2D eigenvalue weighted by Crippen LogP contribution is 2.12. The van der Waals surface area contributed by atoms with Crippen molar-refractivity contribution in [1.82, 2.24) is 10.2 Å². The highest BCUT2D eigenvalue weighted by Gasteiger charge is 2.31. The predicted molar refractivity (Wildman–Crippen MR) is 81.9 cm³/mol. The number of hydrogen-bond donors (Lipinski definition) is 1. The van der Waals surface area contributed by atoms with Gasteiger partial charge in [-0.15, -0.1) is 12.4 Å². The topological polar surface area (TPSA) is 41.6 Å². The summed E-state index contributed by atoms with van der Waals surface area (Å²) < 4.78 is 18.7. The quantitative estimate of drug-likeness (QED) is 0.923. The molecule has 1 saturated heterocycles. The number of ether oxygens (including phenoxy) is 1. The van der Waals surface area contributed by atoms with Gasteiger partial charge in [0.2, 0.25) is 5.91 Å². The largest absolute Gasteiger partial charge is 0.375 e. The van der Waals surface area contributed by atoms with Crippen LogP contribution in [0.3, 0.4) is 0 Å². The van der Waals surface area contributed by atoms with Crippen LogP contribution in [0.1, 0.15) is 19.4 Å². The Kier molecular flexibility index (Phi) is 7.08. The molecule has 118 valence electrons. The molecular formula is C15H22ClFN2O2. The summed E-state index contributed by atoms with van der Waals surface area (Å²) in [4.78, 5) is 14.2. The lowest BCUT2D eigenvalue weighted by molar-refractivity contribution is -0.139. The van der Waals surface area contributed by atoms with Crippen molar-refractivity contribution in [1.29, 1.82) is 0 Å². The van der Waals surface area contributed by atoms with Gasteiger partial charge in [-0.25, -0.2) is 4.39 Å². The third-order valence-corrected chi connectivity index (χ3v) is 3.54. The molecule has 1 N–H and O–H groups in total. The molecule has 2 atom stereocenters. The molecule has 0 radical (unpaired) electrons. The molecule has 1 aliphatic heterocycles. The Morgan fingerprint density at radius 2 is 2.29 bits per heavy atom. The lowest BCUT2D eigenvalue weighted by Crippen LogP contribution is -2.56. The van der Waals surface area contributed by atoms with Crippen LogP contribution in [0.15, 0.2) is 24.3 Å². The molecule has 6 heteroatoms. The number of nitrogens with zero attached hydrogens (tertiary/aromatic N) is 1. The average Bonchev–Trinajstić information content (AvgIpc) is 2.44. The van der Waals surface area contributed by atoms with E-state index in [1.807, 2.05) is 19.9 Å². The molecule has 1 heterocycles. The van der Waals surface area contributed by atoms with Crippen molar-refractivity contribution in [2.24, 2.45) is 0 Å². The maximum absolute atomic E-state index is 13.2. The third-order valence-electron chi connectivity index (χ3n) is 3.54. The van der Waals surface area contributed by atoms with Crippen LogP contribution in [0.2, 0.25) is 0 Å². The van der Waals surface area contributed by atoms with Gasteiger partial charge in [0.15, 0.2) is 0 Å². The van der Waals surface area contributed by atoms with E-state index in [-0.39, 0.29) is 36.3 Å². The number of nitrogens with one attached hydrogen (secondary N) is 1. The Hall–Kier alpha value is -1.17. The van der Waals surface area contributed by atoms with Crippen molar-refractivity contribution < 1.29 is 13.9 Å². The summed E-state index contributed by atoms with van der Waals surface area (Å²) in [7, 11) is 0. The Bertz CT molecular complexity index is 473. The molecule has 1 amide bonds. The average molecular weight is 317 g/mol. The molecule has 4 nitrogen and oxygen atoms in total. The fourth-order valence-electron chi connectivity index (χ4n) is 2.41. The maximum atomic E-state index is 13.2. The van der Waals surface area contributed by atoms with Crippen LogP contribution in [-0.2, 0) is 16.1 Å². The number of morpholine rings is 1. The normalized spacial score (nSPS) is 21.5. The molecule has 2 rings (SSSR count). The van der Waals surface area contributed by atoms with Gasteiger partial charge in [-0.1, -0.05) is 12.1 Å². The van der Waals surface area contributed by atoms with Crippen molar-refractivity contribution in [3.05, 3.63) is 35.6 Å². The molecule has 0 unspecified atom stereocenters. The van der Waals surface area contributed by atoms with Gasteiger partial charge < -0.3 is 15.0 Å². The van der Waals surface area contributed by atoms with Gasteiger partial charge in [0.25, 0.3) is 0 Å². The predicted octanol–water partition coefficient (Wildman–Crippen LogP) is 1.97. The minimum Gasteiger partial charge on any atom is -0.375 e. The minimum atomic E-state index is -0.322. The lowest BCUT2D eigenvalue weighted by atomic mass is 10.1. The zero-order chi connectivity index (χ0) is 14.5. The minimum absolute atomic E-state index is 0. The van der Waals surface area contributed by atoms with Gasteiger partial charge in [-0.3, -0.25) is 4.79 Å². The zero-order valence-corrected chi connectivity index (χ0v) is 13.2. The number of carbonyl (C=O) groups excluding carboxylic acids is 1. The van der Waals surface area contributed by atoms with E-state index < -0.39 is 0 Å². The monoisotopic (exact) mass is 316 g/mol. The first-order chi connectivity index (χ1) is 9.61. The SMILES string of the molecule is CCN(Cc1cccc(F)c1)C(=O)[C@H]1NCCO[C@@H]1C.Cl. The van der Waals surface area contributed by atoms with Gasteiger partial charge in [0.05, 0.1) is 12.7 Å². The molecule has 1 fully saturated rings. The molecule has 21 heavy (non-hydrogen) atoms. The third kappa shape index (κ3) is 4.66. The second-order valence-corrected chi connectivity index (χ2v) is 4.99. The van der Waals surface area contributed by atoms with Gasteiger partial charge >= 0.3 is 0 Å². The second-order valence-electron chi connectivity index (χ2n) is 4.99. The van der Waals surface area contributed by atoms with E-state index in [1.165, 1.54) is 12.1 Å². The Labute approximate surface area is 131 Å². The van der Waals surface area contributed by atoms with E-state index in [2.05, 4.69) is 5.32 Å². The molecule has 0 spiro atoms. The van der Waals surface area contributed by atoms with E-state index >= 15 is 0 Å².